The maximum absolute atomic E-state index is 5.77. The molecular weight excluding hydrogens is 306 g/mol. The highest BCUT2D eigenvalue weighted by Crippen LogP contribution is 2.25. The van der Waals surface area contributed by atoms with Crippen LogP contribution in [0.3, 0.4) is 0 Å². The van der Waals surface area contributed by atoms with Gasteiger partial charge in [-0.1, -0.05) is 6.92 Å². The van der Waals surface area contributed by atoms with Crippen molar-refractivity contribution in [3.63, 3.8) is 0 Å². The number of aryl methyl sites for hydroxylation is 2. The Kier molecular flexibility index (Phi) is 5.03. The predicted molar refractivity (Wildman–Crippen MR) is 80.2 cm³/mol. The van der Waals surface area contributed by atoms with Crippen molar-refractivity contribution in [1.82, 2.24) is 14.7 Å². The molecule has 2 heterocycles. The Hall–Kier alpha value is -0.390. The molecule has 2 rings (SSSR count). The van der Waals surface area contributed by atoms with E-state index in [9.17, 15) is 0 Å². The van der Waals surface area contributed by atoms with Gasteiger partial charge >= 0.3 is 0 Å². The fourth-order valence-corrected chi connectivity index (χ4v) is 3.10. The minimum atomic E-state index is 0.320. The monoisotopic (exact) mass is 329 g/mol. The van der Waals surface area contributed by atoms with Crippen LogP contribution in [0.2, 0.25) is 0 Å². The summed E-state index contributed by atoms with van der Waals surface area (Å²) in [5, 5.41) is 4.58. The Labute approximate surface area is 124 Å². The summed E-state index contributed by atoms with van der Waals surface area (Å²) in [5.41, 5.74) is 2.36. The number of nitrogens with zero attached hydrogens (tertiary/aromatic N) is 3. The Morgan fingerprint density at radius 2 is 2.16 bits per heavy atom. The maximum Gasteiger partial charge on any atom is 0.0739 e. The highest BCUT2D eigenvalue weighted by molar-refractivity contribution is 9.10. The number of hydrogen-bond acceptors (Lipinski definition) is 3. The van der Waals surface area contributed by atoms with Gasteiger partial charge < -0.3 is 4.74 Å². The summed E-state index contributed by atoms with van der Waals surface area (Å²) in [6, 6.07) is 0.517. The first-order chi connectivity index (χ1) is 9.06. The molecule has 4 nitrogen and oxygen atoms in total. The number of hydrogen-bond donors (Lipinski definition) is 0. The van der Waals surface area contributed by atoms with Gasteiger partial charge in [0.05, 0.1) is 28.6 Å². The van der Waals surface area contributed by atoms with Gasteiger partial charge in [0.15, 0.2) is 0 Å². The van der Waals surface area contributed by atoms with Crippen LogP contribution in [0, 0.1) is 6.92 Å². The zero-order valence-corrected chi connectivity index (χ0v) is 13.9. The Bertz CT molecular complexity index is 433. The molecule has 108 valence electrons. The van der Waals surface area contributed by atoms with Crippen LogP contribution in [0.15, 0.2) is 4.47 Å². The van der Waals surface area contributed by atoms with Crippen molar-refractivity contribution >= 4 is 15.9 Å². The molecule has 2 unspecified atom stereocenters. The maximum atomic E-state index is 5.77. The van der Waals surface area contributed by atoms with Crippen LogP contribution in [0.5, 0.6) is 0 Å². The lowest BCUT2D eigenvalue weighted by Gasteiger charge is -2.38. The normalized spacial score (nSPS) is 24.9. The number of ether oxygens (including phenoxy) is 1. The van der Waals surface area contributed by atoms with Crippen LogP contribution >= 0.6 is 15.9 Å². The van der Waals surface area contributed by atoms with Gasteiger partial charge in [-0.3, -0.25) is 9.58 Å². The number of rotatable bonds is 4. The fraction of sp³-hybridized carbons (Fsp3) is 0.786. The van der Waals surface area contributed by atoms with Crippen molar-refractivity contribution in [2.45, 2.75) is 59.4 Å². The molecule has 0 amide bonds. The van der Waals surface area contributed by atoms with Gasteiger partial charge in [0.25, 0.3) is 0 Å². The van der Waals surface area contributed by atoms with Crippen LogP contribution < -0.4 is 0 Å². The zero-order valence-electron chi connectivity index (χ0n) is 12.3. The molecule has 0 bridgehead atoms. The van der Waals surface area contributed by atoms with E-state index in [4.69, 9.17) is 4.74 Å². The first kappa shape index (κ1) is 15.0. The quantitative estimate of drug-likeness (QED) is 0.850. The minimum Gasteiger partial charge on any atom is -0.376 e. The van der Waals surface area contributed by atoms with Gasteiger partial charge in [-0.15, -0.1) is 0 Å². The molecule has 0 aromatic carbocycles. The Morgan fingerprint density at radius 3 is 2.79 bits per heavy atom. The van der Waals surface area contributed by atoms with E-state index in [2.05, 4.69) is 58.3 Å². The highest BCUT2D eigenvalue weighted by atomic mass is 79.9. The van der Waals surface area contributed by atoms with Crippen LogP contribution in [-0.2, 0) is 17.8 Å². The van der Waals surface area contributed by atoms with Crippen LogP contribution in [0.1, 0.15) is 38.6 Å². The van der Waals surface area contributed by atoms with E-state index in [0.717, 1.165) is 42.8 Å². The molecule has 1 fully saturated rings. The van der Waals surface area contributed by atoms with Gasteiger partial charge in [0, 0.05) is 25.7 Å². The van der Waals surface area contributed by atoms with Gasteiger partial charge in [-0.25, -0.2) is 0 Å². The molecule has 1 aliphatic heterocycles. The molecular formula is C14H24BrN3O. The van der Waals surface area contributed by atoms with Crippen LogP contribution in [0.4, 0.5) is 0 Å². The molecule has 0 spiro atoms. The third-order valence-electron chi connectivity index (χ3n) is 3.86. The number of morpholine rings is 1. The van der Waals surface area contributed by atoms with E-state index in [0.29, 0.717) is 12.1 Å². The van der Waals surface area contributed by atoms with E-state index >= 15 is 0 Å². The zero-order chi connectivity index (χ0) is 14.0. The highest BCUT2D eigenvalue weighted by Gasteiger charge is 2.27. The van der Waals surface area contributed by atoms with Crippen molar-refractivity contribution in [1.29, 1.82) is 0 Å². The minimum absolute atomic E-state index is 0.320. The van der Waals surface area contributed by atoms with Crippen molar-refractivity contribution in [3.8, 4) is 0 Å². The largest absolute Gasteiger partial charge is 0.376 e. The average Bonchev–Trinajstić information content (AvgIpc) is 2.67. The summed E-state index contributed by atoms with van der Waals surface area (Å²) in [6.07, 6.45) is 1.45. The molecule has 5 heteroatoms. The third-order valence-corrected chi connectivity index (χ3v) is 4.89. The fourth-order valence-electron chi connectivity index (χ4n) is 2.69. The molecule has 0 radical (unpaired) electrons. The second kappa shape index (κ2) is 6.37. The molecule has 1 aromatic rings. The molecule has 1 saturated heterocycles. The molecule has 1 aromatic heterocycles. The first-order valence-electron chi connectivity index (χ1n) is 7.14. The van der Waals surface area contributed by atoms with Gasteiger partial charge in [0.1, 0.15) is 0 Å². The van der Waals surface area contributed by atoms with Gasteiger partial charge in [-0.2, -0.15) is 5.10 Å². The summed E-state index contributed by atoms with van der Waals surface area (Å²) in [7, 11) is 0. The predicted octanol–water partition coefficient (Wildman–Crippen LogP) is 2.97. The lowest BCUT2D eigenvalue weighted by Crippen LogP contribution is -2.48. The van der Waals surface area contributed by atoms with E-state index in [1.807, 2.05) is 0 Å². The third kappa shape index (κ3) is 3.20. The second-order valence-electron chi connectivity index (χ2n) is 5.30. The lowest BCUT2D eigenvalue weighted by molar-refractivity contribution is -0.0600. The summed E-state index contributed by atoms with van der Waals surface area (Å²) in [6.45, 7) is 12.3. The molecule has 0 N–H and O–H groups in total. The van der Waals surface area contributed by atoms with Crippen molar-refractivity contribution in [2.24, 2.45) is 0 Å². The summed E-state index contributed by atoms with van der Waals surface area (Å²) in [4.78, 5) is 2.53. The topological polar surface area (TPSA) is 30.3 Å². The second-order valence-corrected chi connectivity index (χ2v) is 6.09. The summed E-state index contributed by atoms with van der Waals surface area (Å²) < 4.78 is 9.02. The van der Waals surface area contributed by atoms with Crippen LogP contribution in [0.25, 0.3) is 0 Å². The molecule has 2 atom stereocenters. The van der Waals surface area contributed by atoms with E-state index in [1.54, 1.807) is 0 Å². The summed E-state index contributed by atoms with van der Waals surface area (Å²) in [5.74, 6) is 0. The van der Waals surface area contributed by atoms with Gasteiger partial charge in [-0.05, 0) is 43.1 Å². The average molecular weight is 330 g/mol. The van der Waals surface area contributed by atoms with E-state index in [1.165, 1.54) is 5.69 Å². The molecule has 1 aliphatic rings. The Morgan fingerprint density at radius 1 is 1.42 bits per heavy atom. The first-order valence-corrected chi connectivity index (χ1v) is 7.93. The van der Waals surface area contributed by atoms with Crippen molar-refractivity contribution < 1.29 is 4.74 Å². The SMILES string of the molecule is CCC1COC(C)CN1Cc1c(Br)c(C)nn1CC. The van der Waals surface area contributed by atoms with E-state index < -0.39 is 0 Å². The Balaban J connectivity index is 2.18. The standard InChI is InChI=1S/C14H24BrN3O/c1-5-12-9-19-10(3)7-17(12)8-13-14(15)11(4)16-18(13)6-2/h10,12H,5-9H2,1-4H3. The van der Waals surface area contributed by atoms with Crippen molar-refractivity contribution in [2.75, 3.05) is 13.2 Å². The number of aromatic nitrogens is 2. The smallest absolute Gasteiger partial charge is 0.0739 e. The molecule has 0 aliphatic carbocycles. The van der Waals surface area contributed by atoms with Crippen molar-refractivity contribution in [3.05, 3.63) is 15.9 Å². The summed E-state index contributed by atoms with van der Waals surface area (Å²) >= 11 is 3.68. The molecule has 0 saturated carbocycles. The van der Waals surface area contributed by atoms with E-state index in [-0.39, 0.29) is 0 Å². The molecule has 19 heavy (non-hydrogen) atoms. The lowest BCUT2D eigenvalue weighted by atomic mass is 10.1. The van der Waals surface area contributed by atoms with Crippen LogP contribution in [-0.4, -0.2) is 40.0 Å². The number of halogens is 1. The van der Waals surface area contributed by atoms with Gasteiger partial charge in [0.2, 0.25) is 0 Å².